The summed E-state index contributed by atoms with van der Waals surface area (Å²) in [7, 11) is -3.45. The molecule has 0 atom stereocenters. The molecule has 8 nitrogen and oxygen atoms in total. The summed E-state index contributed by atoms with van der Waals surface area (Å²) in [6, 6.07) is 3.39. The van der Waals surface area contributed by atoms with Gasteiger partial charge in [-0.25, -0.2) is 23.1 Å². The van der Waals surface area contributed by atoms with Gasteiger partial charge in [-0.1, -0.05) is 0 Å². The highest BCUT2D eigenvalue weighted by atomic mass is 32.2. The molecule has 0 fully saturated rings. The number of fused-ring (bicyclic) bond motifs is 1. The molecule has 0 radical (unpaired) electrons. The fraction of sp³-hybridized carbons (Fsp3) is 0.250. The largest absolute Gasteiger partial charge is 0.368 e. The Bertz CT molecular complexity index is 886. The van der Waals surface area contributed by atoms with E-state index in [2.05, 4.69) is 30.2 Å². The number of hydrogen-bond donors (Lipinski definition) is 3. The van der Waals surface area contributed by atoms with Gasteiger partial charge in [-0.15, -0.1) is 11.3 Å². The first-order valence-corrected chi connectivity index (χ1v) is 8.80. The number of thiophene rings is 1. The molecule has 0 bridgehead atoms. The molecule has 3 aromatic heterocycles. The standard InChI is InChI=1S/C12H14N6O2S2/c1-8-2-3-10(21-8)22(19,20)17-5-4-13-11-9-6-16-18-12(9)15-7-14-11/h2-3,6-7,17H,4-5H2,1H3,(H2,13,14,15,16,18). The first-order chi connectivity index (χ1) is 10.6. The van der Waals surface area contributed by atoms with E-state index in [-0.39, 0.29) is 6.54 Å². The van der Waals surface area contributed by atoms with E-state index in [1.165, 1.54) is 17.7 Å². The average Bonchev–Trinajstić information content (AvgIpc) is 3.12. The topological polar surface area (TPSA) is 113 Å². The Morgan fingerprint density at radius 2 is 2.14 bits per heavy atom. The molecule has 3 rings (SSSR count). The fourth-order valence-electron chi connectivity index (χ4n) is 1.90. The summed E-state index contributed by atoms with van der Waals surface area (Å²) in [6.45, 7) is 2.53. The quantitative estimate of drug-likeness (QED) is 0.580. The van der Waals surface area contributed by atoms with Crippen LogP contribution in [0, 0.1) is 6.92 Å². The summed E-state index contributed by atoms with van der Waals surface area (Å²) >= 11 is 1.25. The van der Waals surface area contributed by atoms with Gasteiger partial charge in [0.05, 0.1) is 11.6 Å². The molecule has 3 N–H and O–H groups in total. The number of anilines is 1. The minimum Gasteiger partial charge on any atom is -0.368 e. The van der Waals surface area contributed by atoms with Crippen LogP contribution in [0.25, 0.3) is 11.0 Å². The smallest absolute Gasteiger partial charge is 0.250 e. The minimum absolute atomic E-state index is 0.253. The molecular formula is C12H14N6O2S2. The maximum absolute atomic E-state index is 12.1. The summed E-state index contributed by atoms with van der Waals surface area (Å²) in [5.41, 5.74) is 0.632. The molecule has 3 heterocycles. The number of H-pyrrole nitrogens is 1. The van der Waals surface area contributed by atoms with Crippen LogP contribution < -0.4 is 10.0 Å². The van der Waals surface area contributed by atoms with Crippen LogP contribution in [0.3, 0.4) is 0 Å². The zero-order valence-corrected chi connectivity index (χ0v) is 13.3. The van der Waals surface area contributed by atoms with Crippen LogP contribution in [-0.4, -0.2) is 41.7 Å². The molecule has 0 saturated heterocycles. The van der Waals surface area contributed by atoms with Crippen molar-refractivity contribution in [3.05, 3.63) is 29.5 Å². The summed E-state index contributed by atoms with van der Waals surface area (Å²) in [5.74, 6) is 0.616. The number of nitrogens with one attached hydrogen (secondary N) is 3. The van der Waals surface area contributed by atoms with E-state index >= 15 is 0 Å². The lowest BCUT2D eigenvalue weighted by Gasteiger charge is -2.07. The summed E-state index contributed by atoms with van der Waals surface area (Å²) in [6.07, 6.45) is 3.04. The monoisotopic (exact) mass is 338 g/mol. The number of nitrogens with zero attached hydrogens (tertiary/aromatic N) is 3. The first kappa shape index (κ1) is 14.9. The van der Waals surface area contributed by atoms with Crippen LogP contribution in [0.1, 0.15) is 4.88 Å². The third kappa shape index (κ3) is 3.08. The molecule has 0 aliphatic rings. The van der Waals surface area contributed by atoms with Gasteiger partial charge in [0.15, 0.2) is 5.65 Å². The van der Waals surface area contributed by atoms with E-state index in [4.69, 9.17) is 0 Å². The summed E-state index contributed by atoms with van der Waals surface area (Å²) in [4.78, 5) is 9.11. The molecule has 0 aromatic carbocycles. The number of hydrogen-bond acceptors (Lipinski definition) is 7. The van der Waals surface area contributed by atoms with Gasteiger partial charge in [0, 0.05) is 18.0 Å². The van der Waals surface area contributed by atoms with Gasteiger partial charge in [0.25, 0.3) is 0 Å². The van der Waals surface area contributed by atoms with Gasteiger partial charge in [-0.3, -0.25) is 5.10 Å². The van der Waals surface area contributed by atoms with Gasteiger partial charge >= 0.3 is 0 Å². The summed E-state index contributed by atoms with van der Waals surface area (Å²) in [5, 5.41) is 10.5. The SMILES string of the molecule is Cc1ccc(S(=O)(=O)NCCNc2ncnc3[nH]ncc23)s1. The second-order valence-corrected chi connectivity index (χ2v) is 7.83. The number of rotatable bonds is 6. The first-order valence-electron chi connectivity index (χ1n) is 6.50. The maximum Gasteiger partial charge on any atom is 0.250 e. The predicted octanol–water partition coefficient (Wildman–Crippen LogP) is 1.11. The van der Waals surface area contributed by atoms with Crippen molar-refractivity contribution in [1.82, 2.24) is 24.9 Å². The van der Waals surface area contributed by atoms with Crippen molar-refractivity contribution in [2.75, 3.05) is 18.4 Å². The minimum atomic E-state index is -3.45. The molecule has 0 saturated carbocycles. The van der Waals surface area contributed by atoms with Crippen LogP contribution in [0.15, 0.2) is 28.9 Å². The molecule has 0 amide bonds. The molecule has 0 unspecified atom stereocenters. The number of aryl methyl sites for hydroxylation is 1. The van der Waals surface area contributed by atoms with Gasteiger partial charge in [-0.05, 0) is 19.1 Å². The number of aromatic amines is 1. The zero-order valence-electron chi connectivity index (χ0n) is 11.7. The molecule has 0 aliphatic carbocycles. The van der Waals surface area contributed by atoms with Crippen LogP contribution >= 0.6 is 11.3 Å². The van der Waals surface area contributed by atoms with E-state index < -0.39 is 10.0 Å². The third-order valence-corrected chi connectivity index (χ3v) is 5.89. The van der Waals surface area contributed by atoms with Crippen molar-refractivity contribution in [2.45, 2.75) is 11.1 Å². The van der Waals surface area contributed by atoms with Crippen molar-refractivity contribution in [2.24, 2.45) is 0 Å². The zero-order chi connectivity index (χ0) is 15.6. The van der Waals surface area contributed by atoms with Crippen molar-refractivity contribution in [1.29, 1.82) is 0 Å². The Labute approximate surface area is 131 Å². The average molecular weight is 338 g/mol. The molecule has 116 valence electrons. The van der Waals surface area contributed by atoms with E-state index in [9.17, 15) is 8.42 Å². The Balaban J connectivity index is 1.59. The second kappa shape index (κ2) is 5.99. The molecule has 10 heteroatoms. The van der Waals surface area contributed by atoms with E-state index in [0.29, 0.717) is 22.2 Å². The second-order valence-electron chi connectivity index (χ2n) is 4.54. The van der Waals surface area contributed by atoms with Crippen molar-refractivity contribution >= 4 is 38.2 Å². The molecular weight excluding hydrogens is 324 g/mol. The highest BCUT2D eigenvalue weighted by Crippen LogP contribution is 2.20. The lowest BCUT2D eigenvalue weighted by atomic mass is 10.4. The number of aromatic nitrogens is 4. The van der Waals surface area contributed by atoms with Gasteiger partial charge in [0.1, 0.15) is 16.4 Å². The normalized spacial score (nSPS) is 11.9. The maximum atomic E-state index is 12.1. The van der Waals surface area contributed by atoms with Crippen LogP contribution in [0.5, 0.6) is 0 Å². The van der Waals surface area contributed by atoms with E-state index in [1.54, 1.807) is 18.3 Å². The van der Waals surface area contributed by atoms with Gasteiger partial charge < -0.3 is 5.32 Å². The van der Waals surface area contributed by atoms with Gasteiger partial charge in [-0.2, -0.15) is 5.10 Å². The molecule has 3 aromatic rings. The molecule has 0 aliphatic heterocycles. The van der Waals surface area contributed by atoms with Gasteiger partial charge in [0.2, 0.25) is 10.0 Å². The Kier molecular flexibility index (Phi) is 4.05. The van der Waals surface area contributed by atoms with E-state index in [0.717, 1.165) is 10.3 Å². The van der Waals surface area contributed by atoms with Crippen LogP contribution in [-0.2, 0) is 10.0 Å². The van der Waals surface area contributed by atoms with Crippen molar-refractivity contribution < 1.29 is 8.42 Å². The van der Waals surface area contributed by atoms with E-state index in [1.807, 2.05) is 6.92 Å². The van der Waals surface area contributed by atoms with Crippen LogP contribution in [0.2, 0.25) is 0 Å². The predicted molar refractivity (Wildman–Crippen MR) is 84.4 cm³/mol. The van der Waals surface area contributed by atoms with Crippen molar-refractivity contribution in [3.8, 4) is 0 Å². The Morgan fingerprint density at radius 3 is 2.91 bits per heavy atom. The Morgan fingerprint density at radius 1 is 1.27 bits per heavy atom. The Hall–Kier alpha value is -2.04. The van der Waals surface area contributed by atoms with Crippen molar-refractivity contribution in [3.63, 3.8) is 0 Å². The molecule has 0 spiro atoms. The third-order valence-electron chi connectivity index (χ3n) is 2.94. The fourth-order valence-corrected chi connectivity index (χ4v) is 4.26. The number of sulfonamides is 1. The highest BCUT2D eigenvalue weighted by molar-refractivity contribution is 7.91. The highest BCUT2D eigenvalue weighted by Gasteiger charge is 2.15. The lowest BCUT2D eigenvalue weighted by molar-refractivity contribution is 0.585. The lowest BCUT2D eigenvalue weighted by Crippen LogP contribution is -2.28. The van der Waals surface area contributed by atoms with Crippen LogP contribution in [0.4, 0.5) is 5.82 Å². The summed E-state index contributed by atoms with van der Waals surface area (Å²) < 4.78 is 27.0. The molecule has 22 heavy (non-hydrogen) atoms.